The Balaban J connectivity index is 2.50. The van der Waals surface area contributed by atoms with Gasteiger partial charge in [-0.3, -0.25) is 9.59 Å². The van der Waals surface area contributed by atoms with Gasteiger partial charge in [-0.05, 0) is 31.0 Å². The minimum atomic E-state index is -0.889. The van der Waals surface area contributed by atoms with Gasteiger partial charge in [0, 0.05) is 12.0 Å². The Labute approximate surface area is 110 Å². The monoisotopic (exact) mass is 261 g/mol. The fraction of sp³-hybridized carbons (Fsp3) is 0.308. The van der Waals surface area contributed by atoms with Gasteiger partial charge in [0.15, 0.2) is 0 Å². The number of nitrogens with two attached hydrogens (primary N) is 1. The summed E-state index contributed by atoms with van der Waals surface area (Å²) in [4.78, 5) is 22.1. The lowest BCUT2D eigenvalue weighted by Gasteiger charge is -2.13. The standard InChI is InChI=1S/C13H15N3O3/c14-8-9-3-1-4-10(7-9)13(19)16-11(15)5-2-6-12(17)18/h1,3-4,7,11H,2,5-6,15H2,(H,16,19)(H,17,18). The molecule has 1 atom stereocenters. The Bertz CT molecular complexity index is 508. The average Bonchev–Trinajstić information content (AvgIpc) is 2.38. The van der Waals surface area contributed by atoms with Gasteiger partial charge in [0.05, 0.1) is 17.8 Å². The average molecular weight is 261 g/mol. The van der Waals surface area contributed by atoms with Gasteiger partial charge in [-0.1, -0.05) is 6.07 Å². The molecule has 4 N–H and O–H groups in total. The summed E-state index contributed by atoms with van der Waals surface area (Å²) in [7, 11) is 0. The van der Waals surface area contributed by atoms with Crippen molar-refractivity contribution < 1.29 is 14.7 Å². The van der Waals surface area contributed by atoms with Crippen molar-refractivity contribution in [3.05, 3.63) is 35.4 Å². The van der Waals surface area contributed by atoms with Crippen molar-refractivity contribution in [3.8, 4) is 6.07 Å². The van der Waals surface area contributed by atoms with Crippen LogP contribution in [-0.2, 0) is 4.79 Å². The molecule has 0 aliphatic heterocycles. The van der Waals surface area contributed by atoms with Crippen LogP contribution in [0.3, 0.4) is 0 Å². The molecule has 1 unspecified atom stereocenters. The number of amides is 1. The molecular formula is C13H15N3O3. The molecule has 0 fully saturated rings. The summed E-state index contributed by atoms with van der Waals surface area (Å²) in [6.07, 6.45) is 0.205. The minimum Gasteiger partial charge on any atom is -0.481 e. The minimum absolute atomic E-state index is 0.0213. The van der Waals surface area contributed by atoms with Gasteiger partial charge in [-0.25, -0.2) is 0 Å². The fourth-order valence-electron chi connectivity index (χ4n) is 1.53. The number of nitrogens with one attached hydrogen (secondary N) is 1. The maximum absolute atomic E-state index is 11.8. The van der Waals surface area contributed by atoms with Crippen molar-refractivity contribution in [1.82, 2.24) is 5.32 Å². The fourth-order valence-corrected chi connectivity index (χ4v) is 1.53. The molecule has 1 rings (SSSR count). The summed E-state index contributed by atoms with van der Waals surface area (Å²) in [5, 5.41) is 19.8. The van der Waals surface area contributed by atoms with E-state index in [9.17, 15) is 9.59 Å². The summed E-state index contributed by atoms with van der Waals surface area (Å²) in [5.41, 5.74) is 6.43. The number of nitrogens with zero attached hydrogens (tertiary/aromatic N) is 1. The zero-order chi connectivity index (χ0) is 14.3. The smallest absolute Gasteiger partial charge is 0.303 e. The van der Waals surface area contributed by atoms with Crippen molar-refractivity contribution in [1.29, 1.82) is 5.26 Å². The van der Waals surface area contributed by atoms with E-state index in [4.69, 9.17) is 16.1 Å². The number of benzene rings is 1. The normalized spacial score (nSPS) is 11.4. The van der Waals surface area contributed by atoms with Gasteiger partial charge in [0.1, 0.15) is 0 Å². The van der Waals surface area contributed by atoms with Crippen LogP contribution in [0.1, 0.15) is 35.2 Å². The number of aliphatic carboxylic acids is 1. The van der Waals surface area contributed by atoms with E-state index < -0.39 is 12.1 Å². The predicted molar refractivity (Wildman–Crippen MR) is 68.1 cm³/mol. The van der Waals surface area contributed by atoms with E-state index in [1.807, 2.05) is 6.07 Å². The lowest BCUT2D eigenvalue weighted by molar-refractivity contribution is -0.137. The topological polar surface area (TPSA) is 116 Å². The molecule has 0 spiro atoms. The third-order valence-corrected chi connectivity index (χ3v) is 2.48. The van der Waals surface area contributed by atoms with E-state index in [2.05, 4.69) is 5.32 Å². The Morgan fingerprint density at radius 2 is 2.21 bits per heavy atom. The number of carbonyl (C=O) groups excluding carboxylic acids is 1. The van der Waals surface area contributed by atoms with E-state index >= 15 is 0 Å². The summed E-state index contributed by atoms with van der Waals surface area (Å²) in [6, 6.07) is 8.22. The number of hydrogen-bond acceptors (Lipinski definition) is 4. The number of nitriles is 1. The summed E-state index contributed by atoms with van der Waals surface area (Å²) in [5.74, 6) is -1.26. The molecule has 0 aliphatic rings. The van der Waals surface area contributed by atoms with Gasteiger partial charge in [-0.15, -0.1) is 0 Å². The van der Waals surface area contributed by atoms with Crippen LogP contribution in [0.4, 0.5) is 0 Å². The molecule has 6 nitrogen and oxygen atoms in total. The largest absolute Gasteiger partial charge is 0.481 e. The summed E-state index contributed by atoms with van der Waals surface area (Å²) < 4.78 is 0. The van der Waals surface area contributed by atoms with Crippen LogP contribution in [0.25, 0.3) is 0 Å². The lowest BCUT2D eigenvalue weighted by Crippen LogP contribution is -2.41. The quantitative estimate of drug-likeness (QED) is 0.656. The highest BCUT2D eigenvalue weighted by molar-refractivity contribution is 5.94. The van der Waals surface area contributed by atoms with Crippen molar-refractivity contribution in [3.63, 3.8) is 0 Å². The molecule has 0 radical (unpaired) electrons. The number of hydrogen-bond donors (Lipinski definition) is 3. The molecular weight excluding hydrogens is 246 g/mol. The Hall–Kier alpha value is -2.39. The highest BCUT2D eigenvalue weighted by Crippen LogP contribution is 2.05. The molecule has 0 saturated heterocycles. The number of carboxylic acid groups (broad SMARTS) is 1. The van der Waals surface area contributed by atoms with Crippen LogP contribution in [0.15, 0.2) is 24.3 Å². The van der Waals surface area contributed by atoms with E-state index in [0.29, 0.717) is 24.0 Å². The molecule has 0 saturated carbocycles. The van der Waals surface area contributed by atoms with Crippen LogP contribution in [0.5, 0.6) is 0 Å². The first kappa shape index (κ1) is 14.7. The number of rotatable bonds is 6. The van der Waals surface area contributed by atoms with Gasteiger partial charge in [0.25, 0.3) is 5.91 Å². The third kappa shape index (κ3) is 5.19. The van der Waals surface area contributed by atoms with Crippen molar-refractivity contribution in [2.75, 3.05) is 0 Å². The van der Waals surface area contributed by atoms with E-state index in [-0.39, 0.29) is 12.3 Å². The Kier molecular flexibility index (Phi) is 5.51. The van der Waals surface area contributed by atoms with Gasteiger partial charge < -0.3 is 16.2 Å². The molecule has 1 aromatic rings. The first-order chi connectivity index (χ1) is 9.02. The molecule has 0 bridgehead atoms. The predicted octanol–water partition coefficient (Wildman–Crippen LogP) is 0.828. The van der Waals surface area contributed by atoms with Crippen molar-refractivity contribution in [2.45, 2.75) is 25.4 Å². The molecule has 0 aliphatic carbocycles. The van der Waals surface area contributed by atoms with Crippen LogP contribution in [0.2, 0.25) is 0 Å². The van der Waals surface area contributed by atoms with Gasteiger partial charge in [-0.2, -0.15) is 5.26 Å². The third-order valence-electron chi connectivity index (χ3n) is 2.48. The molecule has 0 heterocycles. The highest BCUT2D eigenvalue weighted by atomic mass is 16.4. The Morgan fingerprint density at radius 3 is 2.84 bits per heavy atom. The summed E-state index contributed by atoms with van der Waals surface area (Å²) >= 11 is 0. The second kappa shape index (κ2) is 7.13. The Morgan fingerprint density at radius 1 is 1.47 bits per heavy atom. The van der Waals surface area contributed by atoms with Gasteiger partial charge >= 0.3 is 5.97 Å². The first-order valence-corrected chi connectivity index (χ1v) is 5.81. The molecule has 0 aromatic heterocycles. The lowest BCUT2D eigenvalue weighted by atomic mass is 10.1. The first-order valence-electron chi connectivity index (χ1n) is 5.81. The molecule has 1 aromatic carbocycles. The molecule has 1 amide bonds. The van der Waals surface area contributed by atoms with Gasteiger partial charge in [0.2, 0.25) is 0 Å². The van der Waals surface area contributed by atoms with E-state index in [1.165, 1.54) is 6.07 Å². The maximum Gasteiger partial charge on any atom is 0.303 e. The summed E-state index contributed by atoms with van der Waals surface area (Å²) in [6.45, 7) is 0. The molecule has 6 heteroatoms. The van der Waals surface area contributed by atoms with Crippen molar-refractivity contribution in [2.24, 2.45) is 5.73 Å². The zero-order valence-electron chi connectivity index (χ0n) is 10.3. The van der Waals surface area contributed by atoms with Crippen molar-refractivity contribution >= 4 is 11.9 Å². The maximum atomic E-state index is 11.8. The van der Waals surface area contributed by atoms with Crippen LogP contribution in [0, 0.1) is 11.3 Å². The van der Waals surface area contributed by atoms with Crippen LogP contribution >= 0.6 is 0 Å². The van der Waals surface area contributed by atoms with E-state index in [0.717, 1.165) is 0 Å². The second-order valence-electron chi connectivity index (χ2n) is 4.06. The number of carbonyl (C=O) groups is 2. The molecule has 19 heavy (non-hydrogen) atoms. The SMILES string of the molecule is N#Cc1cccc(C(=O)NC(N)CCCC(=O)O)c1. The molecule has 100 valence electrons. The van der Waals surface area contributed by atoms with E-state index in [1.54, 1.807) is 18.2 Å². The van der Waals surface area contributed by atoms with Crippen LogP contribution in [-0.4, -0.2) is 23.1 Å². The number of carboxylic acids is 1. The zero-order valence-corrected chi connectivity index (χ0v) is 10.3. The van der Waals surface area contributed by atoms with Crippen LogP contribution < -0.4 is 11.1 Å². The highest BCUT2D eigenvalue weighted by Gasteiger charge is 2.10. The second-order valence-corrected chi connectivity index (χ2v) is 4.06.